The van der Waals surface area contributed by atoms with Crippen LogP contribution in [-0.4, -0.2) is 16.0 Å². The molecule has 1 amide bonds. The van der Waals surface area contributed by atoms with E-state index in [0.29, 0.717) is 5.69 Å². The lowest BCUT2D eigenvalue weighted by Crippen LogP contribution is -2.23. The first-order valence-corrected chi connectivity index (χ1v) is 6.29. The topological polar surface area (TPSA) is 62.2 Å². The predicted molar refractivity (Wildman–Crippen MR) is 73.5 cm³/mol. The van der Waals surface area contributed by atoms with Crippen LogP contribution in [0.15, 0.2) is 30.5 Å². The monoisotopic (exact) mass is 314 g/mol. The van der Waals surface area contributed by atoms with Crippen molar-refractivity contribution in [2.75, 3.05) is 0 Å². The fourth-order valence-corrected chi connectivity index (χ4v) is 1.97. The minimum Gasteiger partial charge on any atom is -0.505 e. The lowest BCUT2D eigenvalue weighted by molar-refractivity contribution is 0.0950. The molecule has 0 radical (unpaired) electrons. The molecule has 0 bridgehead atoms. The summed E-state index contributed by atoms with van der Waals surface area (Å²) in [5.41, 5.74) is 0.718. The van der Waals surface area contributed by atoms with Gasteiger partial charge in [0.1, 0.15) is 5.82 Å². The number of carbonyl (C=O) groups is 1. The number of aromatic nitrogens is 1. The number of hydrogen-bond acceptors (Lipinski definition) is 3. The van der Waals surface area contributed by atoms with Crippen LogP contribution in [0.1, 0.15) is 16.1 Å². The lowest BCUT2D eigenvalue weighted by Gasteiger charge is -2.07. The number of benzene rings is 1. The van der Waals surface area contributed by atoms with Crippen molar-refractivity contribution in [3.05, 3.63) is 57.6 Å². The van der Waals surface area contributed by atoms with Crippen LogP contribution in [0.3, 0.4) is 0 Å². The van der Waals surface area contributed by atoms with E-state index in [4.69, 9.17) is 23.2 Å². The molecule has 2 rings (SSSR count). The highest BCUT2D eigenvalue weighted by Crippen LogP contribution is 2.32. The SMILES string of the molecule is O=C(NCc1ccc(F)cn1)c1cc(Cl)c(O)c(Cl)c1. The maximum atomic E-state index is 12.7. The third-order valence-electron chi connectivity index (χ3n) is 2.50. The molecule has 0 aliphatic carbocycles. The van der Waals surface area contributed by atoms with Crippen molar-refractivity contribution in [3.8, 4) is 5.75 Å². The van der Waals surface area contributed by atoms with Crippen molar-refractivity contribution in [2.45, 2.75) is 6.54 Å². The zero-order valence-electron chi connectivity index (χ0n) is 10.0. The second kappa shape index (κ2) is 6.07. The van der Waals surface area contributed by atoms with Gasteiger partial charge >= 0.3 is 0 Å². The summed E-state index contributed by atoms with van der Waals surface area (Å²) in [6.07, 6.45) is 1.07. The minimum atomic E-state index is -0.447. The number of hydrogen-bond donors (Lipinski definition) is 2. The van der Waals surface area contributed by atoms with Gasteiger partial charge in [0.2, 0.25) is 0 Å². The van der Waals surface area contributed by atoms with E-state index in [1.807, 2.05) is 0 Å². The summed E-state index contributed by atoms with van der Waals surface area (Å²) < 4.78 is 12.7. The molecule has 7 heteroatoms. The zero-order chi connectivity index (χ0) is 14.7. The van der Waals surface area contributed by atoms with Gasteiger partial charge in [-0.3, -0.25) is 9.78 Å². The quantitative estimate of drug-likeness (QED) is 0.914. The Morgan fingerprint density at radius 1 is 1.30 bits per heavy atom. The molecule has 2 N–H and O–H groups in total. The largest absolute Gasteiger partial charge is 0.505 e. The van der Waals surface area contributed by atoms with Gasteiger partial charge in [-0.2, -0.15) is 0 Å². The van der Waals surface area contributed by atoms with Crippen molar-refractivity contribution in [1.29, 1.82) is 0 Å². The summed E-state index contributed by atoms with van der Waals surface area (Å²) in [4.78, 5) is 15.7. The van der Waals surface area contributed by atoms with Crippen LogP contribution in [0.4, 0.5) is 4.39 Å². The van der Waals surface area contributed by atoms with Gasteiger partial charge in [0.05, 0.1) is 28.5 Å². The zero-order valence-corrected chi connectivity index (χ0v) is 11.5. The molecule has 0 aliphatic heterocycles. The molecule has 0 fully saturated rings. The molecule has 0 saturated carbocycles. The third-order valence-corrected chi connectivity index (χ3v) is 3.07. The highest BCUT2D eigenvalue weighted by atomic mass is 35.5. The van der Waals surface area contributed by atoms with Crippen molar-refractivity contribution in [2.24, 2.45) is 0 Å². The van der Waals surface area contributed by atoms with Crippen molar-refractivity contribution < 1.29 is 14.3 Å². The molecule has 20 heavy (non-hydrogen) atoms. The molecule has 4 nitrogen and oxygen atoms in total. The summed E-state index contributed by atoms with van der Waals surface area (Å²) in [6.45, 7) is 0.134. The Morgan fingerprint density at radius 3 is 2.50 bits per heavy atom. The van der Waals surface area contributed by atoms with Crippen molar-refractivity contribution in [1.82, 2.24) is 10.3 Å². The van der Waals surface area contributed by atoms with E-state index < -0.39 is 11.7 Å². The van der Waals surface area contributed by atoms with Gasteiger partial charge in [0.25, 0.3) is 5.91 Å². The summed E-state index contributed by atoms with van der Waals surface area (Å²) in [5.74, 6) is -1.15. The number of nitrogens with zero attached hydrogens (tertiary/aromatic N) is 1. The first kappa shape index (κ1) is 14.6. The molecule has 1 aromatic heterocycles. The highest BCUT2D eigenvalue weighted by molar-refractivity contribution is 6.37. The summed E-state index contributed by atoms with van der Waals surface area (Å²) in [7, 11) is 0. The Kier molecular flexibility index (Phi) is 4.42. The molecular weight excluding hydrogens is 306 g/mol. The fraction of sp³-hybridized carbons (Fsp3) is 0.0769. The van der Waals surface area contributed by atoms with Crippen LogP contribution >= 0.6 is 23.2 Å². The maximum absolute atomic E-state index is 12.7. The molecule has 2 aromatic rings. The van der Waals surface area contributed by atoms with Crippen LogP contribution in [-0.2, 0) is 6.54 Å². The number of aromatic hydroxyl groups is 1. The van der Waals surface area contributed by atoms with Gasteiger partial charge < -0.3 is 10.4 Å². The number of carbonyl (C=O) groups excluding carboxylic acids is 1. The van der Waals surface area contributed by atoms with Gasteiger partial charge in [-0.1, -0.05) is 23.2 Å². The van der Waals surface area contributed by atoms with E-state index in [1.165, 1.54) is 24.3 Å². The smallest absolute Gasteiger partial charge is 0.251 e. The average Bonchev–Trinajstić information content (AvgIpc) is 2.43. The number of rotatable bonds is 3. The molecule has 0 atom stereocenters. The molecule has 0 spiro atoms. The third kappa shape index (κ3) is 3.37. The summed E-state index contributed by atoms with van der Waals surface area (Å²) in [5, 5.41) is 12.0. The number of phenolic OH excluding ortho intramolecular Hbond substituents is 1. The van der Waals surface area contributed by atoms with Crippen molar-refractivity contribution >= 4 is 29.1 Å². The van der Waals surface area contributed by atoms with Gasteiger partial charge in [0.15, 0.2) is 5.75 Å². The Hall–Kier alpha value is -1.85. The van der Waals surface area contributed by atoms with E-state index in [9.17, 15) is 14.3 Å². The van der Waals surface area contributed by atoms with Crippen LogP contribution in [0, 0.1) is 5.82 Å². The standard InChI is InChI=1S/C13H9Cl2FN2O2/c14-10-3-7(4-11(15)12(10)19)13(20)18-6-9-2-1-8(16)5-17-9/h1-5,19H,6H2,(H,18,20). The Labute approximate surface area is 124 Å². The number of phenols is 1. The molecule has 0 aliphatic rings. The maximum Gasteiger partial charge on any atom is 0.251 e. The first-order chi connectivity index (χ1) is 9.47. The van der Waals surface area contributed by atoms with Crippen LogP contribution in [0.5, 0.6) is 5.75 Å². The van der Waals surface area contributed by atoms with Crippen LogP contribution < -0.4 is 5.32 Å². The highest BCUT2D eigenvalue weighted by Gasteiger charge is 2.12. The van der Waals surface area contributed by atoms with E-state index in [0.717, 1.165) is 6.20 Å². The molecular formula is C13H9Cl2FN2O2. The van der Waals surface area contributed by atoms with Crippen LogP contribution in [0.2, 0.25) is 10.0 Å². The summed E-state index contributed by atoms with van der Waals surface area (Å²) >= 11 is 11.5. The molecule has 1 heterocycles. The second-order valence-corrected chi connectivity index (χ2v) is 4.75. The fourth-order valence-electron chi connectivity index (χ4n) is 1.48. The molecule has 104 valence electrons. The Balaban J connectivity index is 2.07. The number of nitrogens with one attached hydrogen (secondary N) is 1. The normalized spacial score (nSPS) is 10.3. The Bertz CT molecular complexity index is 624. The van der Waals surface area contributed by atoms with Crippen molar-refractivity contribution in [3.63, 3.8) is 0 Å². The number of amides is 1. The lowest BCUT2D eigenvalue weighted by atomic mass is 10.2. The van der Waals surface area contributed by atoms with Crippen LogP contribution in [0.25, 0.3) is 0 Å². The van der Waals surface area contributed by atoms with Gasteiger partial charge in [0, 0.05) is 5.56 Å². The van der Waals surface area contributed by atoms with E-state index >= 15 is 0 Å². The van der Waals surface area contributed by atoms with Gasteiger partial charge in [-0.25, -0.2) is 4.39 Å². The van der Waals surface area contributed by atoms with E-state index in [1.54, 1.807) is 0 Å². The average molecular weight is 315 g/mol. The molecule has 0 saturated heterocycles. The molecule has 0 unspecified atom stereocenters. The first-order valence-electron chi connectivity index (χ1n) is 5.54. The minimum absolute atomic E-state index is 0.0115. The Morgan fingerprint density at radius 2 is 1.95 bits per heavy atom. The number of pyridine rings is 1. The summed E-state index contributed by atoms with van der Waals surface area (Å²) in [6, 6.07) is 5.32. The van der Waals surface area contributed by atoms with E-state index in [2.05, 4.69) is 10.3 Å². The van der Waals surface area contributed by atoms with Gasteiger partial charge in [-0.05, 0) is 24.3 Å². The molecule has 1 aromatic carbocycles. The van der Waals surface area contributed by atoms with E-state index in [-0.39, 0.29) is 27.9 Å². The van der Waals surface area contributed by atoms with Gasteiger partial charge in [-0.15, -0.1) is 0 Å². The predicted octanol–water partition coefficient (Wildman–Crippen LogP) is 3.16. The number of halogens is 3. The second-order valence-electron chi connectivity index (χ2n) is 3.94.